The third-order valence-corrected chi connectivity index (χ3v) is 3.54. The number of rotatable bonds is 9. The molecule has 0 radical (unpaired) electrons. The van der Waals surface area contributed by atoms with E-state index >= 15 is 0 Å². The summed E-state index contributed by atoms with van der Waals surface area (Å²) in [5, 5.41) is 2.65. The smallest absolute Gasteiger partial charge is 0.408 e. The number of amides is 1. The van der Waals surface area contributed by atoms with Crippen LogP contribution in [0.15, 0.2) is 30.3 Å². The molecule has 0 aliphatic carbocycles. The first-order valence-corrected chi connectivity index (χ1v) is 9.02. The van der Waals surface area contributed by atoms with Crippen molar-refractivity contribution in [3.05, 3.63) is 35.9 Å². The normalized spacial score (nSPS) is 12.5. The van der Waals surface area contributed by atoms with Crippen molar-refractivity contribution < 1.29 is 19.1 Å². The van der Waals surface area contributed by atoms with Crippen molar-refractivity contribution in [1.29, 1.82) is 0 Å². The summed E-state index contributed by atoms with van der Waals surface area (Å²) in [6, 6.07) is 8.70. The van der Waals surface area contributed by atoms with E-state index in [1.165, 1.54) is 0 Å². The Morgan fingerprint density at radius 1 is 1.12 bits per heavy atom. The fourth-order valence-corrected chi connectivity index (χ4v) is 2.31. The molecule has 0 aliphatic heterocycles. The molecule has 1 aromatic rings. The number of carbonyl (C=O) groups is 2. The molecule has 0 fully saturated rings. The number of esters is 1. The topological polar surface area (TPSA) is 67.9 Å². The second-order valence-corrected chi connectivity index (χ2v) is 7.59. The van der Waals surface area contributed by atoms with Crippen molar-refractivity contribution in [2.75, 3.05) is 20.6 Å². The van der Waals surface area contributed by atoms with Crippen LogP contribution in [0, 0.1) is 0 Å². The van der Waals surface area contributed by atoms with Crippen molar-refractivity contribution in [1.82, 2.24) is 10.2 Å². The Morgan fingerprint density at radius 3 is 2.35 bits per heavy atom. The first kappa shape index (κ1) is 22.0. The third-order valence-electron chi connectivity index (χ3n) is 3.54. The van der Waals surface area contributed by atoms with Gasteiger partial charge in [0.05, 0.1) is 0 Å². The van der Waals surface area contributed by atoms with Crippen LogP contribution in [0.1, 0.15) is 45.6 Å². The van der Waals surface area contributed by atoms with Gasteiger partial charge in [-0.3, -0.25) is 0 Å². The van der Waals surface area contributed by atoms with E-state index in [-0.39, 0.29) is 6.61 Å². The molecule has 1 aromatic carbocycles. The Hall–Kier alpha value is -2.08. The molecule has 0 aromatic heterocycles. The summed E-state index contributed by atoms with van der Waals surface area (Å²) in [5.74, 6) is -0.431. The zero-order valence-electron chi connectivity index (χ0n) is 16.6. The van der Waals surface area contributed by atoms with Crippen LogP contribution < -0.4 is 5.32 Å². The highest BCUT2D eigenvalue weighted by Crippen LogP contribution is 2.12. The summed E-state index contributed by atoms with van der Waals surface area (Å²) < 4.78 is 10.6. The molecule has 0 bridgehead atoms. The predicted molar refractivity (Wildman–Crippen MR) is 102 cm³/mol. The molecule has 0 spiro atoms. The summed E-state index contributed by atoms with van der Waals surface area (Å²) in [6.45, 7) is 6.51. The van der Waals surface area contributed by atoms with Crippen molar-refractivity contribution in [2.24, 2.45) is 0 Å². The molecule has 0 saturated heterocycles. The molecule has 0 aliphatic rings. The maximum Gasteiger partial charge on any atom is 0.408 e. The summed E-state index contributed by atoms with van der Waals surface area (Å²) in [5.41, 5.74) is 0.289. The van der Waals surface area contributed by atoms with E-state index in [0.29, 0.717) is 6.42 Å². The van der Waals surface area contributed by atoms with Crippen LogP contribution in [0.2, 0.25) is 0 Å². The SMILES string of the molecule is CN(C)CCCCC(NC(=O)OCc1ccccc1)C(=O)OC(C)(C)C. The summed E-state index contributed by atoms with van der Waals surface area (Å²) in [4.78, 5) is 26.6. The molecule has 1 rings (SSSR count). The van der Waals surface area contributed by atoms with E-state index < -0.39 is 23.7 Å². The fourth-order valence-electron chi connectivity index (χ4n) is 2.31. The molecule has 6 heteroatoms. The van der Waals surface area contributed by atoms with Crippen LogP contribution in [0.25, 0.3) is 0 Å². The minimum Gasteiger partial charge on any atom is -0.458 e. The van der Waals surface area contributed by atoms with Crippen LogP contribution in [-0.4, -0.2) is 49.2 Å². The minimum atomic E-state index is -0.709. The van der Waals surface area contributed by atoms with E-state index in [4.69, 9.17) is 9.47 Å². The van der Waals surface area contributed by atoms with Crippen LogP contribution in [0.5, 0.6) is 0 Å². The highest BCUT2D eigenvalue weighted by atomic mass is 16.6. The molecule has 6 nitrogen and oxygen atoms in total. The van der Waals surface area contributed by atoms with Crippen LogP contribution in [-0.2, 0) is 20.9 Å². The number of ether oxygens (including phenoxy) is 2. The van der Waals surface area contributed by atoms with Gasteiger partial charge in [0, 0.05) is 0 Å². The van der Waals surface area contributed by atoms with Gasteiger partial charge >= 0.3 is 12.1 Å². The van der Waals surface area contributed by atoms with E-state index in [9.17, 15) is 9.59 Å². The van der Waals surface area contributed by atoms with E-state index in [2.05, 4.69) is 10.2 Å². The number of hydrogen-bond acceptors (Lipinski definition) is 5. The van der Waals surface area contributed by atoms with Gasteiger partial charge < -0.3 is 19.7 Å². The summed E-state index contributed by atoms with van der Waals surface area (Å²) in [6.07, 6.45) is 1.65. The maximum atomic E-state index is 12.4. The number of nitrogens with zero attached hydrogens (tertiary/aromatic N) is 1. The van der Waals surface area contributed by atoms with Gasteiger partial charge in [-0.1, -0.05) is 30.3 Å². The monoisotopic (exact) mass is 364 g/mol. The van der Waals surface area contributed by atoms with Gasteiger partial charge in [0.2, 0.25) is 0 Å². The maximum absolute atomic E-state index is 12.4. The average Bonchev–Trinajstić information content (AvgIpc) is 2.55. The number of benzene rings is 1. The number of unbranched alkanes of at least 4 members (excludes halogenated alkanes) is 1. The first-order valence-electron chi connectivity index (χ1n) is 9.02. The molecule has 1 unspecified atom stereocenters. The van der Waals surface area contributed by atoms with Crippen LogP contribution >= 0.6 is 0 Å². The Morgan fingerprint density at radius 2 is 1.77 bits per heavy atom. The Balaban J connectivity index is 2.55. The standard InChI is InChI=1S/C20H32N2O4/c1-20(2,3)26-18(23)17(13-9-10-14-22(4)5)21-19(24)25-15-16-11-7-6-8-12-16/h6-8,11-12,17H,9-10,13-15H2,1-5H3,(H,21,24). The lowest BCUT2D eigenvalue weighted by Crippen LogP contribution is -2.44. The number of nitrogens with one attached hydrogen (secondary N) is 1. The second-order valence-electron chi connectivity index (χ2n) is 7.59. The molecule has 146 valence electrons. The molecule has 1 amide bonds. The van der Waals surface area contributed by atoms with E-state index in [0.717, 1.165) is 24.9 Å². The Labute approximate surface area is 156 Å². The average molecular weight is 364 g/mol. The Bertz CT molecular complexity index is 553. The van der Waals surface area contributed by atoms with Gasteiger partial charge in [0.15, 0.2) is 0 Å². The van der Waals surface area contributed by atoms with Gasteiger partial charge in [0.1, 0.15) is 18.2 Å². The van der Waals surface area contributed by atoms with Gasteiger partial charge in [-0.2, -0.15) is 0 Å². The minimum absolute atomic E-state index is 0.161. The van der Waals surface area contributed by atoms with E-state index in [1.54, 1.807) is 0 Å². The van der Waals surface area contributed by atoms with Gasteiger partial charge in [-0.25, -0.2) is 9.59 Å². The number of carbonyl (C=O) groups excluding carboxylic acids is 2. The lowest BCUT2D eigenvalue weighted by atomic mass is 10.1. The number of alkyl carbamates (subject to hydrolysis) is 1. The first-order chi connectivity index (χ1) is 12.2. The highest BCUT2D eigenvalue weighted by Gasteiger charge is 2.26. The molecular weight excluding hydrogens is 332 g/mol. The molecule has 26 heavy (non-hydrogen) atoms. The summed E-state index contributed by atoms with van der Waals surface area (Å²) in [7, 11) is 4.01. The predicted octanol–water partition coefficient (Wildman–Crippen LogP) is 3.36. The molecular formula is C20H32N2O4. The summed E-state index contributed by atoms with van der Waals surface area (Å²) >= 11 is 0. The quantitative estimate of drug-likeness (QED) is 0.538. The van der Waals surface area contributed by atoms with Crippen molar-refractivity contribution in [3.8, 4) is 0 Å². The zero-order valence-corrected chi connectivity index (χ0v) is 16.6. The fraction of sp³-hybridized carbons (Fsp3) is 0.600. The second kappa shape index (κ2) is 10.8. The lowest BCUT2D eigenvalue weighted by Gasteiger charge is -2.24. The third kappa shape index (κ3) is 10.0. The largest absolute Gasteiger partial charge is 0.458 e. The van der Waals surface area contributed by atoms with Gasteiger partial charge in [0.25, 0.3) is 0 Å². The molecule has 0 heterocycles. The molecule has 0 saturated carbocycles. The van der Waals surface area contributed by atoms with Crippen LogP contribution in [0.4, 0.5) is 4.79 Å². The molecule has 1 N–H and O–H groups in total. The molecule has 1 atom stereocenters. The Kier molecular flexibility index (Phi) is 9.13. The highest BCUT2D eigenvalue weighted by molar-refractivity contribution is 5.81. The van der Waals surface area contributed by atoms with Crippen molar-refractivity contribution >= 4 is 12.1 Å². The lowest BCUT2D eigenvalue weighted by molar-refractivity contribution is -0.157. The van der Waals surface area contributed by atoms with Crippen LogP contribution in [0.3, 0.4) is 0 Å². The zero-order chi connectivity index (χ0) is 19.6. The van der Waals surface area contributed by atoms with E-state index in [1.807, 2.05) is 65.2 Å². The van der Waals surface area contributed by atoms with Crippen molar-refractivity contribution in [2.45, 2.75) is 58.3 Å². The number of hydrogen-bond donors (Lipinski definition) is 1. The van der Waals surface area contributed by atoms with Gasteiger partial charge in [-0.15, -0.1) is 0 Å². The van der Waals surface area contributed by atoms with Crippen molar-refractivity contribution in [3.63, 3.8) is 0 Å². The van der Waals surface area contributed by atoms with Gasteiger partial charge in [-0.05, 0) is 66.2 Å².